The zero-order chi connectivity index (χ0) is 12.2. The SMILES string of the molecule is CN(CC(=O)C(C)(C)C)Cc1ccccn1. The van der Waals surface area contributed by atoms with Crippen molar-refractivity contribution >= 4 is 5.78 Å². The standard InChI is InChI=1S/C13H20N2O/c1-13(2,3)12(16)10-15(4)9-11-7-5-6-8-14-11/h5-8H,9-10H2,1-4H3. The summed E-state index contributed by atoms with van der Waals surface area (Å²) >= 11 is 0. The first-order valence-corrected chi connectivity index (χ1v) is 5.51. The summed E-state index contributed by atoms with van der Waals surface area (Å²) in [5, 5.41) is 0. The second-order valence-electron chi connectivity index (χ2n) is 5.17. The lowest BCUT2D eigenvalue weighted by Gasteiger charge is -2.21. The molecule has 3 heteroatoms. The van der Waals surface area contributed by atoms with Crippen LogP contribution in [0.15, 0.2) is 24.4 Å². The number of pyridine rings is 1. The molecule has 0 aromatic carbocycles. The number of carbonyl (C=O) groups is 1. The lowest BCUT2D eigenvalue weighted by molar-refractivity contribution is -0.127. The first-order valence-electron chi connectivity index (χ1n) is 5.51. The average Bonchev–Trinajstić information content (AvgIpc) is 2.17. The topological polar surface area (TPSA) is 33.2 Å². The number of carbonyl (C=O) groups excluding carboxylic acids is 1. The van der Waals surface area contributed by atoms with Gasteiger partial charge in [-0.1, -0.05) is 26.8 Å². The van der Waals surface area contributed by atoms with Gasteiger partial charge in [-0.3, -0.25) is 14.7 Å². The first kappa shape index (κ1) is 12.8. The molecule has 0 saturated carbocycles. The minimum atomic E-state index is -0.265. The van der Waals surface area contributed by atoms with Crippen LogP contribution in [0.2, 0.25) is 0 Å². The van der Waals surface area contributed by atoms with E-state index in [1.807, 2.05) is 50.9 Å². The molecule has 0 unspecified atom stereocenters. The van der Waals surface area contributed by atoms with Crippen molar-refractivity contribution in [3.63, 3.8) is 0 Å². The van der Waals surface area contributed by atoms with Gasteiger partial charge in [0.05, 0.1) is 12.2 Å². The maximum absolute atomic E-state index is 11.8. The third-order valence-corrected chi connectivity index (χ3v) is 2.41. The van der Waals surface area contributed by atoms with E-state index in [1.165, 1.54) is 0 Å². The lowest BCUT2D eigenvalue weighted by Crippen LogP contribution is -2.33. The minimum absolute atomic E-state index is 0.255. The van der Waals surface area contributed by atoms with Gasteiger partial charge in [-0.2, -0.15) is 0 Å². The summed E-state index contributed by atoms with van der Waals surface area (Å²) in [5.41, 5.74) is 0.727. The van der Waals surface area contributed by atoms with Crippen LogP contribution in [0, 0.1) is 5.41 Å². The Bertz CT molecular complexity index is 341. The van der Waals surface area contributed by atoms with E-state index in [9.17, 15) is 4.79 Å². The van der Waals surface area contributed by atoms with Crippen LogP contribution < -0.4 is 0 Å². The van der Waals surface area contributed by atoms with Crippen LogP contribution in [-0.4, -0.2) is 29.3 Å². The molecular weight excluding hydrogens is 200 g/mol. The van der Waals surface area contributed by atoms with Gasteiger partial charge in [0, 0.05) is 18.2 Å². The first-order chi connectivity index (χ1) is 7.39. The molecule has 0 bridgehead atoms. The van der Waals surface area contributed by atoms with E-state index < -0.39 is 0 Å². The summed E-state index contributed by atoms with van der Waals surface area (Å²) in [6.07, 6.45) is 1.77. The highest BCUT2D eigenvalue weighted by atomic mass is 16.1. The third-order valence-electron chi connectivity index (χ3n) is 2.41. The van der Waals surface area contributed by atoms with Gasteiger partial charge in [-0.25, -0.2) is 0 Å². The summed E-state index contributed by atoms with van der Waals surface area (Å²) in [6.45, 7) is 7.03. The van der Waals surface area contributed by atoms with E-state index in [-0.39, 0.29) is 11.2 Å². The molecule has 0 aliphatic heterocycles. The van der Waals surface area contributed by atoms with Crippen LogP contribution in [0.4, 0.5) is 0 Å². The van der Waals surface area contributed by atoms with Crippen molar-refractivity contribution in [2.24, 2.45) is 5.41 Å². The Labute approximate surface area is 97.5 Å². The van der Waals surface area contributed by atoms with E-state index in [0.717, 1.165) is 5.69 Å². The largest absolute Gasteiger partial charge is 0.298 e. The predicted molar refractivity (Wildman–Crippen MR) is 65.0 cm³/mol. The second-order valence-corrected chi connectivity index (χ2v) is 5.17. The lowest BCUT2D eigenvalue weighted by atomic mass is 9.90. The fraction of sp³-hybridized carbons (Fsp3) is 0.538. The highest BCUT2D eigenvalue weighted by Crippen LogP contribution is 2.15. The molecule has 0 saturated heterocycles. The van der Waals surface area contributed by atoms with Crippen molar-refractivity contribution in [3.8, 4) is 0 Å². The molecular formula is C13H20N2O. The molecule has 1 heterocycles. The van der Waals surface area contributed by atoms with Crippen molar-refractivity contribution < 1.29 is 4.79 Å². The Kier molecular flexibility index (Phi) is 4.19. The predicted octanol–water partition coefficient (Wildman–Crippen LogP) is 2.13. The summed E-state index contributed by atoms with van der Waals surface area (Å²) < 4.78 is 0. The summed E-state index contributed by atoms with van der Waals surface area (Å²) in [4.78, 5) is 18.0. The van der Waals surface area contributed by atoms with Crippen molar-refractivity contribution in [3.05, 3.63) is 30.1 Å². The maximum atomic E-state index is 11.8. The van der Waals surface area contributed by atoms with Crippen molar-refractivity contribution in [1.82, 2.24) is 9.88 Å². The molecule has 0 aliphatic rings. The monoisotopic (exact) mass is 220 g/mol. The highest BCUT2D eigenvalue weighted by molar-refractivity contribution is 5.85. The number of aromatic nitrogens is 1. The van der Waals surface area contributed by atoms with Gasteiger partial charge in [-0.15, -0.1) is 0 Å². The minimum Gasteiger partial charge on any atom is -0.298 e. The molecule has 0 spiro atoms. The van der Waals surface area contributed by atoms with Gasteiger partial charge in [0.25, 0.3) is 0 Å². The highest BCUT2D eigenvalue weighted by Gasteiger charge is 2.22. The zero-order valence-electron chi connectivity index (χ0n) is 10.5. The number of nitrogens with zero attached hydrogens (tertiary/aromatic N) is 2. The van der Waals surface area contributed by atoms with Gasteiger partial charge in [-0.05, 0) is 19.2 Å². The Morgan fingerprint density at radius 1 is 1.38 bits per heavy atom. The van der Waals surface area contributed by atoms with Crippen LogP contribution in [0.1, 0.15) is 26.5 Å². The quantitative estimate of drug-likeness (QED) is 0.779. The Hall–Kier alpha value is -1.22. The van der Waals surface area contributed by atoms with E-state index in [2.05, 4.69) is 4.98 Å². The Morgan fingerprint density at radius 3 is 2.56 bits per heavy atom. The average molecular weight is 220 g/mol. The molecule has 1 aromatic rings. The molecule has 0 aliphatic carbocycles. The van der Waals surface area contributed by atoms with Gasteiger partial charge in [0.1, 0.15) is 0 Å². The molecule has 0 fully saturated rings. The number of hydrogen-bond acceptors (Lipinski definition) is 3. The van der Waals surface area contributed by atoms with Gasteiger partial charge in [0.2, 0.25) is 0 Å². The number of Topliss-reactive ketones (excluding diaryl/α,β-unsaturated/α-hetero) is 1. The Balaban J connectivity index is 2.49. The van der Waals surface area contributed by atoms with Crippen LogP contribution >= 0.6 is 0 Å². The van der Waals surface area contributed by atoms with E-state index in [1.54, 1.807) is 6.20 Å². The summed E-state index contributed by atoms with van der Waals surface area (Å²) in [5.74, 6) is 0.255. The fourth-order valence-electron chi connectivity index (χ4n) is 1.31. The number of ketones is 1. The fourth-order valence-corrected chi connectivity index (χ4v) is 1.31. The van der Waals surface area contributed by atoms with Crippen LogP contribution in [-0.2, 0) is 11.3 Å². The Morgan fingerprint density at radius 2 is 2.06 bits per heavy atom. The molecule has 88 valence electrons. The van der Waals surface area contributed by atoms with E-state index >= 15 is 0 Å². The normalized spacial score (nSPS) is 11.8. The molecule has 0 atom stereocenters. The molecule has 1 rings (SSSR count). The van der Waals surface area contributed by atoms with Crippen LogP contribution in [0.3, 0.4) is 0 Å². The maximum Gasteiger partial charge on any atom is 0.152 e. The van der Waals surface area contributed by atoms with Crippen LogP contribution in [0.5, 0.6) is 0 Å². The number of hydrogen-bond donors (Lipinski definition) is 0. The summed E-state index contributed by atoms with van der Waals surface area (Å²) in [6, 6.07) is 5.82. The van der Waals surface area contributed by atoms with Gasteiger partial charge in [0.15, 0.2) is 5.78 Å². The van der Waals surface area contributed by atoms with E-state index in [0.29, 0.717) is 13.1 Å². The molecule has 1 aromatic heterocycles. The van der Waals surface area contributed by atoms with Gasteiger partial charge < -0.3 is 0 Å². The smallest absolute Gasteiger partial charge is 0.152 e. The molecule has 0 amide bonds. The van der Waals surface area contributed by atoms with Crippen molar-refractivity contribution in [2.75, 3.05) is 13.6 Å². The number of rotatable bonds is 4. The summed E-state index contributed by atoms with van der Waals surface area (Å²) in [7, 11) is 1.94. The van der Waals surface area contributed by atoms with Crippen molar-refractivity contribution in [1.29, 1.82) is 0 Å². The second kappa shape index (κ2) is 5.21. The molecule has 16 heavy (non-hydrogen) atoms. The number of likely N-dealkylation sites (N-methyl/N-ethyl adjacent to an activating group) is 1. The van der Waals surface area contributed by atoms with Gasteiger partial charge >= 0.3 is 0 Å². The molecule has 0 radical (unpaired) electrons. The van der Waals surface area contributed by atoms with E-state index in [4.69, 9.17) is 0 Å². The molecule has 0 N–H and O–H groups in total. The third kappa shape index (κ3) is 4.11. The van der Waals surface area contributed by atoms with Crippen molar-refractivity contribution in [2.45, 2.75) is 27.3 Å². The van der Waals surface area contributed by atoms with Crippen LogP contribution in [0.25, 0.3) is 0 Å². The zero-order valence-corrected chi connectivity index (χ0v) is 10.5. The molecule has 3 nitrogen and oxygen atoms in total.